The molecule has 2 heteroatoms. The van der Waals surface area contributed by atoms with E-state index in [2.05, 4.69) is 6.07 Å². The Hall–Kier alpha value is -1.33. The third kappa shape index (κ3) is 3.27. The van der Waals surface area contributed by atoms with E-state index in [1.807, 2.05) is 30.3 Å². The molecule has 0 bridgehead atoms. The largest absolute Gasteiger partial charge is 0.324 e. The Bertz CT molecular complexity index is 274. The van der Waals surface area contributed by atoms with Crippen molar-refractivity contribution in [2.75, 3.05) is 0 Å². The molecule has 1 aromatic carbocycles. The Morgan fingerprint density at radius 2 is 2.00 bits per heavy atom. The highest BCUT2D eigenvalue weighted by atomic mass is 14.6. The molecule has 0 unspecified atom stereocenters. The van der Waals surface area contributed by atoms with E-state index in [0.29, 0.717) is 6.42 Å². The van der Waals surface area contributed by atoms with Crippen molar-refractivity contribution in [3.05, 3.63) is 35.9 Å². The average molecular weight is 174 g/mol. The molecule has 0 saturated heterocycles. The van der Waals surface area contributed by atoms with E-state index in [1.165, 1.54) is 0 Å². The number of rotatable bonds is 4. The molecule has 68 valence electrons. The van der Waals surface area contributed by atoms with Crippen LogP contribution in [-0.4, -0.2) is 0 Å². The van der Waals surface area contributed by atoms with Crippen molar-refractivity contribution in [3.8, 4) is 6.07 Å². The number of nitrogens with zero attached hydrogens (tertiary/aromatic N) is 1. The minimum atomic E-state index is 0.0783. The summed E-state index contributed by atoms with van der Waals surface area (Å²) in [7, 11) is 0. The first-order chi connectivity index (χ1) is 6.34. The average Bonchev–Trinajstić information content (AvgIpc) is 2.19. The summed E-state index contributed by atoms with van der Waals surface area (Å²) in [6, 6.07) is 12.2. The molecular weight excluding hydrogens is 160 g/mol. The quantitative estimate of drug-likeness (QED) is 0.712. The molecule has 0 aliphatic carbocycles. The SMILES string of the molecule is N#CCCC[C@H](N)c1ccccc1. The van der Waals surface area contributed by atoms with Crippen molar-refractivity contribution in [2.45, 2.75) is 25.3 Å². The highest BCUT2D eigenvalue weighted by molar-refractivity contribution is 5.18. The van der Waals surface area contributed by atoms with Crippen LogP contribution in [0.25, 0.3) is 0 Å². The number of nitriles is 1. The lowest BCUT2D eigenvalue weighted by molar-refractivity contribution is 0.619. The molecule has 0 spiro atoms. The summed E-state index contributed by atoms with van der Waals surface area (Å²) in [6.45, 7) is 0. The predicted octanol–water partition coefficient (Wildman–Crippen LogP) is 2.38. The maximum atomic E-state index is 8.36. The van der Waals surface area contributed by atoms with Crippen molar-refractivity contribution in [1.82, 2.24) is 0 Å². The van der Waals surface area contributed by atoms with Gasteiger partial charge in [0.2, 0.25) is 0 Å². The molecule has 1 aromatic rings. The molecule has 2 N–H and O–H groups in total. The molecule has 0 aromatic heterocycles. The van der Waals surface area contributed by atoms with Gasteiger partial charge in [-0.3, -0.25) is 0 Å². The van der Waals surface area contributed by atoms with Crippen LogP contribution >= 0.6 is 0 Å². The summed E-state index contributed by atoms with van der Waals surface area (Å²) in [5, 5.41) is 8.36. The summed E-state index contributed by atoms with van der Waals surface area (Å²) in [4.78, 5) is 0. The minimum absolute atomic E-state index is 0.0783. The van der Waals surface area contributed by atoms with E-state index in [0.717, 1.165) is 18.4 Å². The number of nitrogens with two attached hydrogens (primary N) is 1. The van der Waals surface area contributed by atoms with Gasteiger partial charge in [-0.2, -0.15) is 5.26 Å². The van der Waals surface area contributed by atoms with E-state index in [1.54, 1.807) is 0 Å². The summed E-state index contributed by atoms with van der Waals surface area (Å²) >= 11 is 0. The Kier molecular flexibility index (Phi) is 4.01. The smallest absolute Gasteiger partial charge is 0.0621 e. The first-order valence-corrected chi connectivity index (χ1v) is 4.52. The monoisotopic (exact) mass is 174 g/mol. The zero-order valence-electron chi connectivity index (χ0n) is 7.61. The second kappa shape index (κ2) is 5.34. The topological polar surface area (TPSA) is 49.8 Å². The van der Waals surface area contributed by atoms with Gasteiger partial charge in [0.05, 0.1) is 6.07 Å². The van der Waals surface area contributed by atoms with Gasteiger partial charge in [0.15, 0.2) is 0 Å². The summed E-state index contributed by atoms with van der Waals surface area (Å²) in [6.07, 6.45) is 2.37. The van der Waals surface area contributed by atoms with E-state index in [9.17, 15) is 0 Å². The van der Waals surface area contributed by atoms with Crippen molar-refractivity contribution in [3.63, 3.8) is 0 Å². The first kappa shape index (κ1) is 9.76. The van der Waals surface area contributed by atoms with Crippen molar-refractivity contribution in [2.24, 2.45) is 5.73 Å². The van der Waals surface area contributed by atoms with Gasteiger partial charge in [-0.25, -0.2) is 0 Å². The molecule has 0 aliphatic rings. The molecule has 0 heterocycles. The lowest BCUT2D eigenvalue weighted by Gasteiger charge is -2.09. The molecule has 1 rings (SSSR count). The molecule has 2 nitrogen and oxygen atoms in total. The number of benzene rings is 1. The van der Waals surface area contributed by atoms with Crippen LogP contribution in [0.15, 0.2) is 30.3 Å². The van der Waals surface area contributed by atoms with Crippen molar-refractivity contribution in [1.29, 1.82) is 5.26 Å². The van der Waals surface area contributed by atoms with Crippen LogP contribution in [0, 0.1) is 11.3 Å². The van der Waals surface area contributed by atoms with E-state index < -0.39 is 0 Å². The van der Waals surface area contributed by atoms with Gasteiger partial charge in [0, 0.05) is 12.5 Å². The maximum absolute atomic E-state index is 8.36. The van der Waals surface area contributed by atoms with Gasteiger partial charge in [0.25, 0.3) is 0 Å². The highest BCUT2D eigenvalue weighted by Gasteiger charge is 2.03. The predicted molar refractivity (Wildman–Crippen MR) is 52.8 cm³/mol. The molecule has 13 heavy (non-hydrogen) atoms. The minimum Gasteiger partial charge on any atom is -0.324 e. The fourth-order valence-corrected chi connectivity index (χ4v) is 1.27. The standard InChI is InChI=1S/C11H14N2/c12-9-5-4-8-11(13)10-6-2-1-3-7-10/h1-3,6-7,11H,4-5,8,13H2/t11-/m0/s1. The Morgan fingerprint density at radius 3 is 2.62 bits per heavy atom. The number of unbranched alkanes of at least 4 members (excludes halogenated alkanes) is 1. The molecular formula is C11H14N2. The highest BCUT2D eigenvalue weighted by Crippen LogP contribution is 2.15. The molecule has 0 fully saturated rings. The molecule has 0 saturated carbocycles. The molecule has 0 aliphatic heterocycles. The van der Waals surface area contributed by atoms with Gasteiger partial charge in [-0.05, 0) is 18.4 Å². The summed E-state index contributed by atoms with van der Waals surface area (Å²) < 4.78 is 0. The van der Waals surface area contributed by atoms with E-state index in [-0.39, 0.29) is 6.04 Å². The van der Waals surface area contributed by atoms with Gasteiger partial charge in [0.1, 0.15) is 0 Å². The van der Waals surface area contributed by atoms with Crippen molar-refractivity contribution < 1.29 is 0 Å². The van der Waals surface area contributed by atoms with Gasteiger partial charge >= 0.3 is 0 Å². The Balaban J connectivity index is 2.41. The Labute approximate surface area is 79.0 Å². The maximum Gasteiger partial charge on any atom is 0.0621 e. The zero-order chi connectivity index (χ0) is 9.52. The first-order valence-electron chi connectivity index (χ1n) is 4.52. The van der Waals surface area contributed by atoms with Crippen LogP contribution in [0.1, 0.15) is 30.9 Å². The molecule has 0 radical (unpaired) electrons. The van der Waals surface area contributed by atoms with Crippen LogP contribution in [0.4, 0.5) is 0 Å². The summed E-state index contributed by atoms with van der Waals surface area (Å²) in [5.41, 5.74) is 7.08. The van der Waals surface area contributed by atoms with Gasteiger partial charge in [-0.15, -0.1) is 0 Å². The van der Waals surface area contributed by atoms with E-state index >= 15 is 0 Å². The van der Waals surface area contributed by atoms with Crippen molar-refractivity contribution >= 4 is 0 Å². The normalized spacial score (nSPS) is 12.0. The fourth-order valence-electron chi connectivity index (χ4n) is 1.27. The van der Waals surface area contributed by atoms with Crippen LogP contribution in [0.2, 0.25) is 0 Å². The third-order valence-electron chi connectivity index (χ3n) is 2.03. The number of hydrogen-bond acceptors (Lipinski definition) is 2. The zero-order valence-corrected chi connectivity index (χ0v) is 7.61. The van der Waals surface area contributed by atoms with Crippen LogP contribution in [0.3, 0.4) is 0 Å². The van der Waals surface area contributed by atoms with Gasteiger partial charge < -0.3 is 5.73 Å². The molecule has 1 atom stereocenters. The van der Waals surface area contributed by atoms with Crippen LogP contribution in [-0.2, 0) is 0 Å². The van der Waals surface area contributed by atoms with Crippen LogP contribution < -0.4 is 5.73 Å². The fraction of sp³-hybridized carbons (Fsp3) is 0.364. The second-order valence-electron chi connectivity index (χ2n) is 3.07. The van der Waals surface area contributed by atoms with Gasteiger partial charge in [-0.1, -0.05) is 30.3 Å². The molecule has 0 amide bonds. The van der Waals surface area contributed by atoms with E-state index in [4.69, 9.17) is 11.0 Å². The summed E-state index contributed by atoms with van der Waals surface area (Å²) in [5.74, 6) is 0. The number of hydrogen-bond donors (Lipinski definition) is 1. The third-order valence-corrected chi connectivity index (χ3v) is 2.03. The lowest BCUT2D eigenvalue weighted by atomic mass is 10.0. The van der Waals surface area contributed by atoms with Crippen LogP contribution in [0.5, 0.6) is 0 Å². The second-order valence-corrected chi connectivity index (χ2v) is 3.07. The lowest BCUT2D eigenvalue weighted by Crippen LogP contribution is -2.09. The Morgan fingerprint density at radius 1 is 1.31 bits per heavy atom.